The molecular weight excluding hydrogens is 258 g/mol. The molecule has 4 nitrogen and oxygen atoms in total. The third-order valence-corrected chi connectivity index (χ3v) is 3.61. The number of amides is 1. The average molecular weight is 272 g/mol. The second-order valence-electron chi connectivity index (χ2n) is 3.73. The number of hydrogen-bond donors (Lipinski definition) is 0. The van der Waals surface area contributed by atoms with Crippen LogP contribution in [0.3, 0.4) is 0 Å². The zero-order chi connectivity index (χ0) is 10.8. The van der Waals surface area contributed by atoms with E-state index in [0.29, 0.717) is 12.3 Å². The molecule has 1 aliphatic rings. The Morgan fingerprint density at radius 3 is 3.07 bits per heavy atom. The van der Waals surface area contributed by atoms with E-state index in [4.69, 9.17) is 0 Å². The van der Waals surface area contributed by atoms with Gasteiger partial charge in [0, 0.05) is 30.9 Å². The molecule has 1 atom stereocenters. The van der Waals surface area contributed by atoms with Crippen molar-refractivity contribution < 1.29 is 4.79 Å². The van der Waals surface area contributed by atoms with Crippen molar-refractivity contribution in [2.75, 3.05) is 16.8 Å². The molecule has 0 spiro atoms. The van der Waals surface area contributed by atoms with Crippen molar-refractivity contribution in [1.29, 1.82) is 0 Å². The smallest absolute Gasteiger partial charge is 0.228 e. The molecule has 1 amide bonds. The van der Waals surface area contributed by atoms with E-state index in [9.17, 15) is 4.79 Å². The van der Waals surface area contributed by atoms with Gasteiger partial charge in [-0.1, -0.05) is 15.9 Å². The monoisotopic (exact) mass is 271 g/mol. The van der Waals surface area contributed by atoms with Crippen LogP contribution in [-0.2, 0) is 11.3 Å². The summed E-state index contributed by atoms with van der Waals surface area (Å²) >= 11 is 3.43. The molecule has 0 aromatic carbocycles. The van der Waals surface area contributed by atoms with Gasteiger partial charge in [0.1, 0.15) is 5.82 Å². The van der Waals surface area contributed by atoms with Crippen molar-refractivity contribution in [2.24, 2.45) is 5.92 Å². The maximum Gasteiger partial charge on any atom is 0.228 e. The molecule has 0 saturated carbocycles. The number of anilines is 1. The number of carbonyl (C=O) groups is 1. The summed E-state index contributed by atoms with van der Waals surface area (Å²) in [4.78, 5) is 13.6. The lowest BCUT2D eigenvalue weighted by atomic mass is 10.2. The number of aryl methyl sites for hydroxylation is 1. The Labute approximate surface area is 97.4 Å². The second kappa shape index (κ2) is 4.35. The minimum atomic E-state index is 0.203. The fourth-order valence-corrected chi connectivity index (χ4v) is 2.34. The normalized spacial score (nSPS) is 21.3. The number of hydrogen-bond acceptors (Lipinski definition) is 2. The van der Waals surface area contributed by atoms with Gasteiger partial charge in [-0.2, -0.15) is 5.10 Å². The van der Waals surface area contributed by atoms with Crippen LogP contribution >= 0.6 is 15.9 Å². The first kappa shape index (κ1) is 10.7. The second-order valence-corrected chi connectivity index (χ2v) is 4.38. The minimum Gasteiger partial charge on any atom is -0.297 e. The van der Waals surface area contributed by atoms with Crippen LogP contribution in [0, 0.1) is 5.92 Å². The molecule has 0 N–H and O–H groups in total. The van der Waals surface area contributed by atoms with Gasteiger partial charge in [-0.25, -0.2) is 4.68 Å². The predicted molar refractivity (Wildman–Crippen MR) is 62.2 cm³/mol. The molecule has 2 rings (SSSR count). The summed E-state index contributed by atoms with van der Waals surface area (Å²) in [6, 6.07) is 1.90. The SMILES string of the molecule is CCn1nccc1N1CC(CBr)CC1=O. The van der Waals surface area contributed by atoms with E-state index in [1.165, 1.54) is 0 Å². The Morgan fingerprint density at radius 1 is 1.67 bits per heavy atom. The molecule has 5 heteroatoms. The Balaban J connectivity index is 2.21. The molecule has 2 heterocycles. The molecule has 0 aliphatic carbocycles. The zero-order valence-corrected chi connectivity index (χ0v) is 10.3. The fraction of sp³-hybridized carbons (Fsp3) is 0.600. The molecule has 0 radical (unpaired) electrons. The number of aromatic nitrogens is 2. The maximum atomic E-state index is 11.8. The first-order valence-corrected chi connectivity index (χ1v) is 6.26. The molecule has 1 saturated heterocycles. The molecular formula is C10H14BrN3O. The molecule has 1 unspecified atom stereocenters. The molecule has 1 fully saturated rings. The fourth-order valence-electron chi connectivity index (χ4n) is 1.90. The Morgan fingerprint density at radius 2 is 2.47 bits per heavy atom. The van der Waals surface area contributed by atoms with Crippen molar-refractivity contribution in [3.05, 3.63) is 12.3 Å². The zero-order valence-electron chi connectivity index (χ0n) is 8.69. The number of carbonyl (C=O) groups excluding carboxylic acids is 1. The van der Waals surface area contributed by atoms with Crippen LogP contribution < -0.4 is 4.90 Å². The van der Waals surface area contributed by atoms with E-state index in [1.54, 1.807) is 6.20 Å². The van der Waals surface area contributed by atoms with Crippen LogP contribution in [0.25, 0.3) is 0 Å². The molecule has 1 aromatic heterocycles. The summed E-state index contributed by atoms with van der Waals surface area (Å²) in [5.41, 5.74) is 0. The van der Waals surface area contributed by atoms with Crippen LogP contribution in [0.4, 0.5) is 5.82 Å². The summed E-state index contributed by atoms with van der Waals surface area (Å²) in [6.07, 6.45) is 2.38. The summed E-state index contributed by atoms with van der Waals surface area (Å²) < 4.78 is 1.86. The molecule has 1 aromatic rings. The van der Waals surface area contributed by atoms with Gasteiger partial charge in [0.2, 0.25) is 5.91 Å². The van der Waals surface area contributed by atoms with Gasteiger partial charge in [0.25, 0.3) is 0 Å². The van der Waals surface area contributed by atoms with E-state index < -0.39 is 0 Å². The van der Waals surface area contributed by atoms with Crippen molar-refractivity contribution in [2.45, 2.75) is 19.9 Å². The van der Waals surface area contributed by atoms with Gasteiger partial charge in [0.05, 0.1) is 6.20 Å². The average Bonchev–Trinajstić information content (AvgIpc) is 2.82. The van der Waals surface area contributed by atoms with Gasteiger partial charge < -0.3 is 0 Å². The van der Waals surface area contributed by atoms with Crippen LogP contribution in [0.15, 0.2) is 12.3 Å². The highest BCUT2D eigenvalue weighted by atomic mass is 79.9. The van der Waals surface area contributed by atoms with Crippen molar-refractivity contribution in [3.8, 4) is 0 Å². The van der Waals surface area contributed by atoms with Gasteiger partial charge in [-0.15, -0.1) is 0 Å². The Kier molecular flexibility index (Phi) is 3.09. The minimum absolute atomic E-state index is 0.203. The topological polar surface area (TPSA) is 38.1 Å². The van der Waals surface area contributed by atoms with Gasteiger partial charge in [-0.05, 0) is 12.8 Å². The highest BCUT2D eigenvalue weighted by molar-refractivity contribution is 9.09. The summed E-state index contributed by atoms with van der Waals surface area (Å²) in [5.74, 6) is 1.55. The first-order chi connectivity index (χ1) is 7.26. The molecule has 0 bridgehead atoms. The van der Waals surface area contributed by atoms with Crippen LogP contribution in [-0.4, -0.2) is 27.6 Å². The van der Waals surface area contributed by atoms with E-state index in [-0.39, 0.29) is 5.91 Å². The predicted octanol–water partition coefficient (Wildman–Crippen LogP) is 1.65. The van der Waals surface area contributed by atoms with Gasteiger partial charge in [-0.3, -0.25) is 9.69 Å². The van der Waals surface area contributed by atoms with Gasteiger partial charge >= 0.3 is 0 Å². The standard InChI is InChI=1S/C10H14BrN3O/c1-2-14-9(3-4-12-14)13-7-8(6-11)5-10(13)15/h3-4,8H,2,5-7H2,1H3. The third kappa shape index (κ3) is 1.93. The van der Waals surface area contributed by atoms with Crippen LogP contribution in [0.2, 0.25) is 0 Å². The van der Waals surface area contributed by atoms with Crippen LogP contribution in [0.1, 0.15) is 13.3 Å². The number of nitrogens with zero attached hydrogens (tertiary/aromatic N) is 3. The number of alkyl halides is 1. The molecule has 1 aliphatic heterocycles. The van der Waals surface area contributed by atoms with Crippen molar-refractivity contribution in [3.63, 3.8) is 0 Å². The van der Waals surface area contributed by atoms with E-state index in [0.717, 1.165) is 24.2 Å². The van der Waals surface area contributed by atoms with E-state index in [2.05, 4.69) is 21.0 Å². The number of halogens is 1. The quantitative estimate of drug-likeness (QED) is 0.785. The molecule has 82 valence electrons. The lowest BCUT2D eigenvalue weighted by Crippen LogP contribution is -2.27. The summed E-state index contributed by atoms with van der Waals surface area (Å²) in [7, 11) is 0. The summed E-state index contributed by atoms with van der Waals surface area (Å²) in [5, 5.41) is 5.06. The van der Waals surface area contributed by atoms with E-state index in [1.807, 2.05) is 22.6 Å². The maximum absolute atomic E-state index is 11.8. The third-order valence-electron chi connectivity index (χ3n) is 2.69. The van der Waals surface area contributed by atoms with Crippen molar-refractivity contribution >= 4 is 27.7 Å². The Hall–Kier alpha value is -0.840. The van der Waals surface area contributed by atoms with Crippen LogP contribution in [0.5, 0.6) is 0 Å². The lowest BCUT2D eigenvalue weighted by molar-refractivity contribution is -0.117. The highest BCUT2D eigenvalue weighted by Gasteiger charge is 2.31. The number of rotatable bonds is 3. The van der Waals surface area contributed by atoms with E-state index >= 15 is 0 Å². The highest BCUT2D eigenvalue weighted by Crippen LogP contribution is 2.25. The Bertz CT molecular complexity index is 363. The van der Waals surface area contributed by atoms with Crippen molar-refractivity contribution in [1.82, 2.24) is 9.78 Å². The first-order valence-electron chi connectivity index (χ1n) is 5.14. The van der Waals surface area contributed by atoms with Gasteiger partial charge in [0.15, 0.2) is 0 Å². The molecule has 15 heavy (non-hydrogen) atoms. The summed E-state index contributed by atoms with van der Waals surface area (Å²) in [6.45, 7) is 3.62. The largest absolute Gasteiger partial charge is 0.297 e. The lowest BCUT2D eigenvalue weighted by Gasteiger charge is -2.16.